The van der Waals surface area contributed by atoms with Crippen LogP contribution < -0.4 is 5.73 Å². The second-order valence-corrected chi connectivity index (χ2v) is 8.03. The van der Waals surface area contributed by atoms with Gasteiger partial charge in [-0.15, -0.1) is 0 Å². The second kappa shape index (κ2) is 11.7. The van der Waals surface area contributed by atoms with Gasteiger partial charge in [0.2, 0.25) is 0 Å². The van der Waals surface area contributed by atoms with Gasteiger partial charge in [-0.2, -0.15) is 0 Å². The number of aromatic hydroxyl groups is 1. The van der Waals surface area contributed by atoms with Crippen LogP contribution >= 0.6 is 0 Å². The van der Waals surface area contributed by atoms with Crippen LogP contribution in [0.2, 0.25) is 0 Å². The van der Waals surface area contributed by atoms with Crippen LogP contribution in [0.4, 0.5) is 0 Å². The van der Waals surface area contributed by atoms with Crippen molar-refractivity contribution in [3.05, 3.63) is 41.2 Å². The van der Waals surface area contributed by atoms with Crippen molar-refractivity contribution in [2.45, 2.75) is 91.5 Å². The molecular weight excluding hydrogens is 360 g/mol. The third-order valence-corrected chi connectivity index (χ3v) is 5.83. The molecule has 0 aliphatic carbocycles. The minimum atomic E-state index is -0.402. The highest BCUT2D eigenvalue weighted by Crippen LogP contribution is 2.34. The maximum atomic E-state index is 12.3. The number of primary amides is 1. The van der Waals surface area contributed by atoms with Gasteiger partial charge in [-0.05, 0) is 37.5 Å². The Morgan fingerprint density at radius 1 is 1.00 bits per heavy atom. The Morgan fingerprint density at radius 3 is 2.17 bits per heavy atom. The monoisotopic (exact) mass is 398 g/mol. The molecule has 0 bridgehead atoms. The van der Waals surface area contributed by atoms with Crippen LogP contribution in [0.25, 0.3) is 11.1 Å². The molecule has 0 spiro atoms. The largest absolute Gasteiger partial charge is 0.508 e. The number of aromatic nitrogens is 1. The number of hydrogen-bond donors (Lipinski definition) is 2. The first kappa shape index (κ1) is 23.1. The fourth-order valence-corrected chi connectivity index (χ4v) is 4.32. The normalized spacial score (nSPS) is 11.1. The molecule has 2 aromatic rings. The fourth-order valence-electron chi connectivity index (χ4n) is 4.32. The summed E-state index contributed by atoms with van der Waals surface area (Å²) in [4.78, 5) is 12.3. The Bertz CT molecular complexity index is 792. The van der Waals surface area contributed by atoms with E-state index in [4.69, 9.17) is 5.73 Å². The van der Waals surface area contributed by atoms with Crippen LogP contribution in [0, 0.1) is 6.92 Å². The summed E-state index contributed by atoms with van der Waals surface area (Å²) in [5.74, 6) is -0.203. The molecule has 0 atom stereocenters. The van der Waals surface area contributed by atoms with Crippen molar-refractivity contribution in [1.29, 1.82) is 0 Å². The quantitative estimate of drug-likeness (QED) is 0.385. The number of unbranched alkanes of at least 4 members (excludes halogenated alkanes) is 8. The van der Waals surface area contributed by atoms with Crippen LogP contribution in [0.15, 0.2) is 24.3 Å². The standard InChI is InChI=1S/C25H38N2O2/c1-4-6-7-8-9-10-11-12-13-17-27-19(3)23(25(26)29)24(22(27)5-2)20-15-14-16-21(28)18-20/h14-16,18,28H,4-13,17H2,1-3H3,(H2,26,29). The summed E-state index contributed by atoms with van der Waals surface area (Å²) in [6.07, 6.45) is 12.5. The Hall–Kier alpha value is -2.23. The van der Waals surface area contributed by atoms with Gasteiger partial charge in [0.05, 0.1) is 5.56 Å². The number of benzene rings is 1. The average Bonchev–Trinajstić information content (AvgIpc) is 2.98. The fraction of sp³-hybridized carbons (Fsp3) is 0.560. The molecule has 1 aromatic carbocycles. The molecule has 160 valence electrons. The lowest BCUT2D eigenvalue weighted by molar-refractivity contribution is 0.1000. The summed E-state index contributed by atoms with van der Waals surface area (Å²) >= 11 is 0. The molecule has 3 N–H and O–H groups in total. The SMILES string of the molecule is CCCCCCCCCCCn1c(C)c(C(N)=O)c(-c2cccc(O)c2)c1CC. The van der Waals surface area contributed by atoms with Gasteiger partial charge < -0.3 is 15.4 Å². The van der Waals surface area contributed by atoms with Gasteiger partial charge in [-0.1, -0.05) is 77.3 Å². The van der Waals surface area contributed by atoms with Crippen LogP contribution in [0.5, 0.6) is 5.75 Å². The van der Waals surface area contributed by atoms with E-state index in [1.165, 1.54) is 51.4 Å². The molecule has 4 heteroatoms. The zero-order valence-electron chi connectivity index (χ0n) is 18.5. The van der Waals surface area contributed by atoms with Crippen molar-refractivity contribution >= 4 is 5.91 Å². The van der Waals surface area contributed by atoms with Gasteiger partial charge in [0.15, 0.2) is 0 Å². The highest BCUT2D eigenvalue weighted by atomic mass is 16.3. The highest BCUT2D eigenvalue weighted by Gasteiger charge is 2.23. The number of rotatable bonds is 13. The van der Waals surface area contributed by atoms with Crippen LogP contribution in [0.3, 0.4) is 0 Å². The first-order valence-electron chi connectivity index (χ1n) is 11.3. The zero-order valence-corrected chi connectivity index (χ0v) is 18.5. The smallest absolute Gasteiger partial charge is 0.251 e. The molecule has 4 nitrogen and oxygen atoms in total. The third kappa shape index (κ3) is 6.12. The van der Waals surface area contributed by atoms with E-state index in [9.17, 15) is 9.90 Å². The summed E-state index contributed by atoms with van der Waals surface area (Å²) < 4.78 is 2.26. The number of carbonyl (C=O) groups is 1. The van der Waals surface area contributed by atoms with Gasteiger partial charge in [0.1, 0.15) is 5.75 Å². The summed E-state index contributed by atoms with van der Waals surface area (Å²) in [5, 5.41) is 9.91. The van der Waals surface area contributed by atoms with Crippen LogP contribution in [0.1, 0.15) is 93.4 Å². The van der Waals surface area contributed by atoms with Gasteiger partial charge in [-0.25, -0.2) is 0 Å². The second-order valence-electron chi connectivity index (χ2n) is 8.03. The number of nitrogens with two attached hydrogens (primary N) is 1. The molecule has 0 saturated carbocycles. The first-order valence-corrected chi connectivity index (χ1v) is 11.3. The molecular formula is C25H38N2O2. The van der Waals surface area contributed by atoms with E-state index < -0.39 is 5.91 Å². The maximum absolute atomic E-state index is 12.3. The number of carbonyl (C=O) groups excluding carboxylic acids is 1. The number of amides is 1. The van der Waals surface area contributed by atoms with E-state index in [1.807, 2.05) is 19.1 Å². The summed E-state index contributed by atoms with van der Waals surface area (Å²) in [7, 11) is 0. The Morgan fingerprint density at radius 2 is 1.62 bits per heavy atom. The predicted octanol–water partition coefficient (Wildman–Crippen LogP) is 6.36. The first-order chi connectivity index (χ1) is 14.0. The van der Waals surface area contributed by atoms with Gasteiger partial charge >= 0.3 is 0 Å². The zero-order chi connectivity index (χ0) is 21.2. The number of hydrogen-bond acceptors (Lipinski definition) is 2. The lowest BCUT2D eigenvalue weighted by Gasteiger charge is -2.12. The Labute approximate surface area is 176 Å². The molecule has 0 radical (unpaired) electrons. The lowest BCUT2D eigenvalue weighted by atomic mass is 9.98. The van der Waals surface area contributed by atoms with Crippen molar-refractivity contribution in [3.8, 4) is 16.9 Å². The van der Waals surface area contributed by atoms with E-state index in [1.54, 1.807) is 12.1 Å². The van der Waals surface area contributed by atoms with Gasteiger partial charge in [-0.3, -0.25) is 4.79 Å². The van der Waals surface area contributed by atoms with E-state index in [2.05, 4.69) is 18.4 Å². The van der Waals surface area contributed by atoms with Gasteiger partial charge in [0, 0.05) is 23.5 Å². The third-order valence-electron chi connectivity index (χ3n) is 5.83. The maximum Gasteiger partial charge on any atom is 0.251 e. The van der Waals surface area contributed by atoms with Crippen LogP contribution in [-0.4, -0.2) is 15.6 Å². The Balaban J connectivity index is 2.09. The van der Waals surface area contributed by atoms with E-state index in [0.29, 0.717) is 5.56 Å². The van der Waals surface area contributed by atoms with Crippen molar-refractivity contribution in [3.63, 3.8) is 0 Å². The van der Waals surface area contributed by atoms with E-state index in [-0.39, 0.29) is 5.75 Å². The van der Waals surface area contributed by atoms with Crippen molar-refractivity contribution in [2.75, 3.05) is 0 Å². The molecule has 1 heterocycles. The molecule has 1 aromatic heterocycles. The Kier molecular flexibility index (Phi) is 9.30. The molecule has 0 aliphatic heterocycles. The molecule has 0 saturated heterocycles. The van der Waals surface area contributed by atoms with Crippen molar-refractivity contribution < 1.29 is 9.90 Å². The number of phenols is 1. The predicted molar refractivity (Wildman–Crippen MR) is 121 cm³/mol. The van der Waals surface area contributed by atoms with Crippen molar-refractivity contribution in [1.82, 2.24) is 4.57 Å². The summed E-state index contributed by atoms with van der Waals surface area (Å²) in [5.41, 5.74) is 10.1. The minimum Gasteiger partial charge on any atom is -0.508 e. The number of phenolic OH excluding ortho intramolecular Hbond substituents is 1. The number of nitrogens with zero attached hydrogens (tertiary/aromatic N) is 1. The summed E-state index contributed by atoms with van der Waals surface area (Å²) in [6, 6.07) is 7.10. The average molecular weight is 399 g/mol. The van der Waals surface area contributed by atoms with Crippen LogP contribution in [-0.2, 0) is 13.0 Å². The van der Waals surface area contributed by atoms with E-state index in [0.717, 1.165) is 41.9 Å². The topological polar surface area (TPSA) is 68.2 Å². The summed E-state index contributed by atoms with van der Waals surface area (Å²) in [6.45, 7) is 7.26. The molecule has 2 rings (SSSR count). The molecule has 0 unspecified atom stereocenters. The molecule has 0 fully saturated rings. The van der Waals surface area contributed by atoms with E-state index >= 15 is 0 Å². The molecule has 1 amide bonds. The van der Waals surface area contributed by atoms with Gasteiger partial charge in [0.25, 0.3) is 5.91 Å². The highest BCUT2D eigenvalue weighted by molar-refractivity contribution is 6.02. The molecule has 29 heavy (non-hydrogen) atoms. The van der Waals surface area contributed by atoms with Crippen molar-refractivity contribution in [2.24, 2.45) is 5.73 Å². The lowest BCUT2D eigenvalue weighted by Crippen LogP contribution is -2.13. The molecule has 0 aliphatic rings. The minimum absolute atomic E-state index is 0.198.